The molecule has 0 N–H and O–H groups in total. The van der Waals surface area contributed by atoms with E-state index in [0.29, 0.717) is 13.1 Å². The summed E-state index contributed by atoms with van der Waals surface area (Å²) in [5, 5.41) is 7.80. The van der Waals surface area contributed by atoms with Crippen LogP contribution < -0.4 is 0 Å². The van der Waals surface area contributed by atoms with Crippen LogP contribution >= 0.6 is 0 Å². The number of ether oxygens (including phenoxy) is 1. The molecular weight excluding hydrogens is 220 g/mol. The summed E-state index contributed by atoms with van der Waals surface area (Å²) in [7, 11) is 0. The standard InChI is InChI=1S/C11H18N4O2/c1-8-6-15-9(5-12-13-15)7-14(8)10(16)17-11(2,3)4/h5,8H,6-7H2,1-4H3/t8-/m1/s1. The Kier molecular flexibility index (Phi) is 2.81. The summed E-state index contributed by atoms with van der Waals surface area (Å²) in [6.45, 7) is 8.74. The van der Waals surface area contributed by atoms with Gasteiger partial charge in [-0.15, -0.1) is 5.10 Å². The first-order valence-electron chi connectivity index (χ1n) is 5.74. The molecule has 0 aromatic carbocycles. The highest BCUT2D eigenvalue weighted by Crippen LogP contribution is 2.19. The van der Waals surface area contributed by atoms with E-state index in [0.717, 1.165) is 5.69 Å². The zero-order chi connectivity index (χ0) is 12.6. The fourth-order valence-corrected chi connectivity index (χ4v) is 1.80. The molecule has 94 valence electrons. The van der Waals surface area contributed by atoms with Gasteiger partial charge in [0, 0.05) is 0 Å². The molecular formula is C11H18N4O2. The van der Waals surface area contributed by atoms with Crippen molar-refractivity contribution in [1.29, 1.82) is 0 Å². The van der Waals surface area contributed by atoms with Gasteiger partial charge in [-0.1, -0.05) is 5.21 Å². The van der Waals surface area contributed by atoms with Crippen molar-refractivity contribution in [2.24, 2.45) is 0 Å². The number of aromatic nitrogens is 3. The Labute approximate surface area is 101 Å². The van der Waals surface area contributed by atoms with Crippen LogP contribution in [0.3, 0.4) is 0 Å². The molecule has 2 heterocycles. The molecule has 6 nitrogen and oxygen atoms in total. The van der Waals surface area contributed by atoms with Crippen molar-refractivity contribution in [2.75, 3.05) is 0 Å². The van der Waals surface area contributed by atoms with Gasteiger partial charge in [-0.25, -0.2) is 9.48 Å². The molecule has 0 saturated heterocycles. The lowest BCUT2D eigenvalue weighted by Crippen LogP contribution is -2.46. The molecule has 1 aromatic heterocycles. The van der Waals surface area contributed by atoms with E-state index in [1.54, 1.807) is 11.1 Å². The van der Waals surface area contributed by atoms with Crippen LogP contribution in [0.2, 0.25) is 0 Å². The van der Waals surface area contributed by atoms with E-state index in [-0.39, 0.29) is 12.1 Å². The Hall–Kier alpha value is -1.59. The van der Waals surface area contributed by atoms with E-state index in [2.05, 4.69) is 10.3 Å². The van der Waals surface area contributed by atoms with E-state index >= 15 is 0 Å². The molecule has 17 heavy (non-hydrogen) atoms. The number of hydrogen-bond donors (Lipinski definition) is 0. The summed E-state index contributed by atoms with van der Waals surface area (Å²) in [4.78, 5) is 13.7. The fraction of sp³-hybridized carbons (Fsp3) is 0.727. The molecule has 1 aliphatic heterocycles. The molecule has 1 aliphatic rings. The second-order valence-corrected chi connectivity index (χ2v) is 5.36. The Morgan fingerprint density at radius 2 is 2.24 bits per heavy atom. The summed E-state index contributed by atoms with van der Waals surface area (Å²) >= 11 is 0. The first-order chi connectivity index (χ1) is 7.87. The van der Waals surface area contributed by atoms with Crippen molar-refractivity contribution in [3.05, 3.63) is 11.9 Å². The molecule has 1 atom stereocenters. The third-order valence-corrected chi connectivity index (χ3v) is 2.63. The smallest absolute Gasteiger partial charge is 0.410 e. The summed E-state index contributed by atoms with van der Waals surface area (Å²) in [5.41, 5.74) is 0.473. The average molecular weight is 238 g/mol. The summed E-state index contributed by atoms with van der Waals surface area (Å²) in [5.74, 6) is 0. The van der Waals surface area contributed by atoms with Gasteiger partial charge in [0.05, 0.1) is 31.0 Å². The molecule has 1 amide bonds. The molecule has 0 fully saturated rings. The van der Waals surface area contributed by atoms with Crippen molar-refractivity contribution in [3.63, 3.8) is 0 Å². The van der Waals surface area contributed by atoms with Gasteiger partial charge in [0.1, 0.15) is 5.60 Å². The molecule has 0 spiro atoms. The van der Waals surface area contributed by atoms with E-state index in [1.165, 1.54) is 0 Å². The largest absolute Gasteiger partial charge is 0.444 e. The van der Waals surface area contributed by atoms with Crippen molar-refractivity contribution in [3.8, 4) is 0 Å². The Bertz CT molecular complexity index is 421. The van der Waals surface area contributed by atoms with Crippen LogP contribution in [0, 0.1) is 0 Å². The van der Waals surface area contributed by atoms with Crippen molar-refractivity contribution >= 4 is 6.09 Å². The molecule has 0 radical (unpaired) electrons. The van der Waals surface area contributed by atoms with Gasteiger partial charge >= 0.3 is 6.09 Å². The van der Waals surface area contributed by atoms with E-state index in [1.807, 2.05) is 32.4 Å². The van der Waals surface area contributed by atoms with E-state index in [4.69, 9.17) is 4.74 Å². The molecule has 2 rings (SSSR count). The lowest BCUT2D eigenvalue weighted by molar-refractivity contribution is 0.00902. The maximum Gasteiger partial charge on any atom is 0.410 e. The SMILES string of the molecule is C[C@@H]1Cn2nncc2CN1C(=O)OC(C)(C)C. The van der Waals surface area contributed by atoms with Crippen molar-refractivity contribution < 1.29 is 9.53 Å². The zero-order valence-electron chi connectivity index (χ0n) is 10.7. The first-order valence-corrected chi connectivity index (χ1v) is 5.74. The van der Waals surface area contributed by atoms with E-state index in [9.17, 15) is 4.79 Å². The quantitative estimate of drug-likeness (QED) is 0.685. The normalized spacial score (nSPS) is 20.0. The van der Waals surface area contributed by atoms with Crippen LogP contribution in [0.15, 0.2) is 6.20 Å². The van der Waals surface area contributed by atoms with Crippen molar-refractivity contribution in [1.82, 2.24) is 19.9 Å². The molecule has 6 heteroatoms. The second kappa shape index (κ2) is 4.01. The van der Waals surface area contributed by atoms with Gasteiger partial charge in [0.25, 0.3) is 0 Å². The first kappa shape index (κ1) is 11.9. The summed E-state index contributed by atoms with van der Waals surface area (Å²) in [6, 6.07) is 0.0686. The highest BCUT2D eigenvalue weighted by atomic mass is 16.6. The van der Waals surface area contributed by atoms with Gasteiger partial charge in [-0.3, -0.25) is 4.90 Å². The van der Waals surface area contributed by atoms with Crippen LogP contribution in [0.5, 0.6) is 0 Å². The minimum Gasteiger partial charge on any atom is -0.444 e. The predicted octanol–water partition coefficient (Wildman–Crippen LogP) is 1.42. The van der Waals surface area contributed by atoms with Gasteiger partial charge < -0.3 is 4.74 Å². The van der Waals surface area contributed by atoms with Crippen LogP contribution in [-0.4, -0.2) is 37.6 Å². The number of hydrogen-bond acceptors (Lipinski definition) is 4. The summed E-state index contributed by atoms with van der Waals surface area (Å²) in [6.07, 6.45) is 1.40. The van der Waals surface area contributed by atoms with Gasteiger partial charge in [-0.2, -0.15) is 0 Å². The monoisotopic (exact) mass is 238 g/mol. The third-order valence-electron chi connectivity index (χ3n) is 2.63. The Balaban J connectivity index is 2.10. The minimum atomic E-state index is -0.466. The molecule has 0 bridgehead atoms. The average Bonchev–Trinajstić information content (AvgIpc) is 2.60. The van der Waals surface area contributed by atoms with Crippen LogP contribution in [-0.2, 0) is 17.8 Å². The molecule has 0 saturated carbocycles. The summed E-state index contributed by atoms with van der Waals surface area (Å²) < 4.78 is 7.20. The molecule has 0 aliphatic carbocycles. The third kappa shape index (κ3) is 2.57. The van der Waals surface area contributed by atoms with Gasteiger partial charge in [-0.05, 0) is 27.7 Å². The van der Waals surface area contributed by atoms with Crippen LogP contribution in [0.1, 0.15) is 33.4 Å². The van der Waals surface area contributed by atoms with Crippen LogP contribution in [0.4, 0.5) is 4.79 Å². The Morgan fingerprint density at radius 1 is 1.53 bits per heavy atom. The lowest BCUT2D eigenvalue weighted by Gasteiger charge is -2.34. The van der Waals surface area contributed by atoms with Crippen LogP contribution in [0.25, 0.3) is 0 Å². The highest BCUT2D eigenvalue weighted by Gasteiger charge is 2.30. The van der Waals surface area contributed by atoms with Crippen molar-refractivity contribution in [2.45, 2.75) is 52.4 Å². The molecule has 1 aromatic rings. The number of fused-ring (bicyclic) bond motifs is 1. The highest BCUT2D eigenvalue weighted by molar-refractivity contribution is 5.68. The van der Waals surface area contributed by atoms with Gasteiger partial charge in [0.15, 0.2) is 0 Å². The number of nitrogens with zero attached hydrogens (tertiary/aromatic N) is 4. The predicted molar refractivity (Wildman–Crippen MR) is 61.3 cm³/mol. The Morgan fingerprint density at radius 3 is 2.88 bits per heavy atom. The fourth-order valence-electron chi connectivity index (χ4n) is 1.80. The maximum absolute atomic E-state index is 12.0. The number of carbonyl (C=O) groups is 1. The zero-order valence-corrected chi connectivity index (χ0v) is 10.7. The number of rotatable bonds is 0. The molecule has 0 unspecified atom stereocenters. The maximum atomic E-state index is 12.0. The number of amides is 1. The second-order valence-electron chi connectivity index (χ2n) is 5.36. The van der Waals surface area contributed by atoms with E-state index < -0.39 is 5.60 Å². The van der Waals surface area contributed by atoms with Gasteiger partial charge in [0.2, 0.25) is 0 Å². The minimum absolute atomic E-state index is 0.0686. The topological polar surface area (TPSA) is 60.2 Å². The number of carbonyl (C=O) groups excluding carboxylic acids is 1. The lowest BCUT2D eigenvalue weighted by atomic mass is 10.2.